The van der Waals surface area contributed by atoms with Crippen molar-refractivity contribution in [1.29, 1.82) is 0 Å². The summed E-state index contributed by atoms with van der Waals surface area (Å²) in [5.74, 6) is 1.41. The quantitative estimate of drug-likeness (QED) is 0.0579. The zero-order valence-corrected chi connectivity index (χ0v) is 42.9. The van der Waals surface area contributed by atoms with E-state index in [0.29, 0.717) is 23.0 Å². The molecule has 0 heterocycles. The number of aromatic hydroxyl groups is 2. The second-order valence-corrected chi connectivity index (χ2v) is 18.8. The fourth-order valence-corrected chi connectivity index (χ4v) is 7.71. The average molecular weight is 938 g/mol. The Kier molecular flexibility index (Phi) is 23.2. The topological polar surface area (TPSA) is 164 Å². The van der Waals surface area contributed by atoms with E-state index in [9.17, 15) is 30.0 Å². The Morgan fingerprint density at radius 1 is 0.477 bits per heavy atom. The van der Waals surface area contributed by atoms with Gasteiger partial charge in [0, 0.05) is 23.6 Å². The molecular weight excluding hydrogens is 863 g/mol. The molecule has 0 fully saturated rings. The maximum Gasteiger partial charge on any atom is 2.00 e. The predicted octanol–water partition coefficient (Wildman–Crippen LogP) is 13.6. The van der Waals surface area contributed by atoms with Crippen molar-refractivity contribution in [3.63, 3.8) is 0 Å². The molecule has 0 atom stereocenters. The average Bonchev–Trinajstić information content (AvgIpc) is 3.17. The van der Waals surface area contributed by atoms with Crippen molar-refractivity contribution in [2.45, 2.75) is 172 Å². The van der Waals surface area contributed by atoms with Crippen molar-refractivity contribution in [3.05, 3.63) is 104 Å². The molecule has 0 bridgehead atoms. The van der Waals surface area contributed by atoms with E-state index in [1.165, 1.54) is 22.3 Å². The number of nitrogens with zero attached hydrogens (tertiary/aromatic N) is 2. The Morgan fingerprint density at radius 2 is 0.769 bits per heavy atom. The van der Waals surface area contributed by atoms with Gasteiger partial charge < -0.3 is 39.5 Å². The van der Waals surface area contributed by atoms with Crippen LogP contribution in [0.4, 0.5) is 21.0 Å². The summed E-state index contributed by atoms with van der Waals surface area (Å²) in [6, 6.07) is 16.6. The van der Waals surface area contributed by atoms with Crippen LogP contribution in [0.25, 0.3) is 0 Å². The smallest absolute Gasteiger partial charge is 0.510 e. The number of rotatable bonds is 13. The first-order valence-corrected chi connectivity index (χ1v) is 22.6. The molecule has 4 rings (SSSR count). The van der Waals surface area contributed by atoms with Crippen LogP contribution in [-0.4, -0.2) is 35.0 Å². The number of carboxylic acid groups (broad SMARTS) is 2. The van der Waals surface area contributed by atoms with Crippen molar-refractivity contribution in [2.24, 2.45) is 9.98 Å². The standard InChI is InChI=1S/C22H28N2.2C16H24O4.Ni/c1-15(2)19-11-8-12-20(16(3)4)22(19)24-14-13-23-21-17(5)9-7-10-18(21)6;2*1-8(2)11-7-12(9(3)4)15(20-16(18)19)14(17)13(11)10(5)6;/h7-16H,1-6H3;2*7-10,17H,1-6H3,(H,18,19);/q;;;+2/p-2. The predicted molar refractivity (Wildman–Crippen MR) is 260 cm³/mol. The van der Waals surface area contributed by atoms with Gasteiger partial charge in [0.15, 0.2) is 0 Å². The van der Waals surface area contributed by atoms with Crippen LogP contribution in [0, 0.1) is 13.8 Å². The van der Waals surface area contributed by atoms with Crippen LogP contribution >= 0.6 is 0 Å². The molecule has 0 saturated heterocycles. The molecule has 0 amide bonds. The zero-order chi connectivity index (χ0) is 48.9. The van der Waals surface area contributed by atoms with Gasteiger partial charge in [-0.05, 0) is 106 Å². The van der Waals surface area contributed by atoms with E-state index in [1.54, 1.807) is 6.21 Å². The van der Waals surface area contributed by atoms with Crippen molar-refractivity contribution >= 4 is 36.1 Å². The molecule has 4 aromatic carbocycles. The molecule has 2 N–H and O–H groups in total. The molecule has 0 aliphatic heterocycles. The third kappa shape index (κ3) is 15.8. The number of ether oxygens (including phenoxy) is 2. The first-order valence-electron chi connectivity index (χ1n) is 22.6. The SMILES string of the molecule is CC(C)c1cc(C(C)C)c(C(C)C)c(O)c1OC(=O)[O-].CC(C)c1cc(C(C)C)c(C(C)C)c(O)c1OC(=O)[O-].Cc1cccc(C)c1N=CC=Nc1c(C(C)C)cccc1C(C)C.[Ni+2]. The molecular formula is C54H74N2NiO8. The first kappa shape index (κ1) is 57.9. The number of aryl methyl sites for hydroxylation is 2. The molecule has 0 radical (unpaired) electrons. The Bertz CT molecular complexity index is 2130. The van der Waals surface area contributed by atoms with Crippen LogP contribution in [-0.2, 0) is 16.5 Å². The Hall–Kier alpha value is -5.15. The van der Waals surface area contributed by atoms with E-state index in [1.807, 2.05) is 101 Å². The van der Waals surface area contributed by atoms with Gasteiger partial charge in [0.1, 0.15) is 11.5 Å². The maximum atomic E-state index is 10.8. The summed E-state index contributed by atoms with van der Waals surface area (Å²) in [6.45, 7) is 36.7. The molecule has 10 nitrogen and oxygen atoms in total. The summed E-state index contributed by atoms with van der Waals surface area (Å²) in [6.07, 6.45) is 0.304. The normalized spacial score (nSPS) is 11.5. The molecule has 0 saturated carbocycles. The van der Waals surface area contributed by atoms with Gasteiger partial charge in [0.25, 0.3) is 12.3 Å². The molecule has 0 unspecified atom stereocenters. The van der Waals surface area contributed by atoms with Crippen molar-refractivity contribution < 1.29 is 56.0 Å². The summed E-state index contributed by atoms with van der Waals surface area (Å²) in [5.41, 5.74) is 12.0. The Labute approximate surface area is 399 Å². The molecule has 65 heavy (non-hydrogen) atoms. The minimum atomic E-state index is -1.66. The molecule has 0 aliphatic rings. The van der Waals surface area contributed by atoms with Gasteiger partial charge in [-0.3, -0.25) is 9.98 Å². The fourth-order valence-electron chi connectivity index (χ4n) is 7.71. The number of benzene rings is 4. The number of phenols is 2. The summed E-state index contributed by atoms with van der Waals surface area (Å²) in [7, 11) is 0. The number of hydrogen-bond acceptors (Lipinski definition) is 10. The zero-order valence-electron chi connectivity index (χ0n) is 41.9. The van der Waals surface area contributed by atoms with Crippen LogP contribution in [0.5, 0.6) is 23.0 Å². The number of para-hydroxylation sites is 2. The molecule has 358 valence electrons. The van der Waals surface area contributed by atoms with E-state index < -0.39 is 12.3 Å². The molecule has 0 spiro atoms. The summed E-state index contributed by atoms with van der Waals surface area (Å²) >= 11 is 0. The van der Waals surface area contributed by atoms with Crippen molar-refractivity contribution in [2.75, 3.05) is 0 Å². The first-order chi connectivity index (χ1) is 29.7. The number of aliphatic imine (C=N–C) groups is 2. The van der Waals surface area contributed by atoms with Gasteiger partial charge in [-0.1, -0.05) is 159 Å². The number of carbonyl (C=O) groups excluding carboxylic acids is 2. The van der Waals surface area contributed by atoms with Gasteiger partial charge in [-0.25, -0.2) is 0 Å². The molecule has 0 aliphatic carbocycles. The van der Waals surface area contributed by atoms with Crippen LogP contribution in [0.3, 0.4) is 0 Å². The van der Waals surface area contributed by atoms with E-state index >= 15 is 0 Å². The fraction of sp³-hybridized carbons (Fsp3) is 0.481. The number of hydrogen-bond donors (Lipinski definition) is 2. The Morgan fingerprint density at radius 3 is 1.05 bits per heavy atom. The van der Waals surface area contributed by atoms with E-state index in [2.05, 4.69) is 82.9 Å². The third-order valence-corrected chi connectivity index (χ3v) is 11.0. The Balaban J connectivity index is 0.000000487. The third-order valence-electron chi connectivity index (χ3n) is 11.0. The summed E-state index contributed by atoms with van der Waals surface area (Å²) in [5, 5.41) is 42.4. The monoisotopic (exact) mass is 936 g/mol. The van der Waals surface area contributed by atoms with Crippen molar-refractivity contribution in [1.82, 2.24) is 0 Å². The van der Waals surface area contributed by atoms with Crippen molar-refractivity contribution in [3.8, 4) is 23.0 Å². The maximum absolute atomic E-state index is 10.8. The summed E-state index contributed by atoms with van der Waals surface area (Å²) in [4.78, 5) is 30.8. The number of phenolic OH excluding ortho intramolecular Hbond substituents is 2. The molecule has 0 aromatic heterocycles. The van der Waals surface area contributed by atoms with E-state index in [-0.39, 0.29) is 75.0 Å². The minimum absolute atomic E-state index is 0. The second-order valence-electron chi connectivity index (χ2n) is 18.8. The number of carbonyl (C=O) groups is 2. The van der Waals surface area contributed by atoms with Gasteiger partial charge in [0.2, 0.25) is 0 Å². The van der Waals surface area contributed by atoms with Gasteiger partial charge in [0.05, 0.1) is 22.9 Å². The summed E-state index contributed by atoms with van der Waals surface area (Å²) < 4.78 is 9.44. The van der Waals surface area contributed by atoms with E-state index in [4.69, 9.17) is 14.5 Å². The van der Waals surface area contributed by atoms with Crippen LogP contribution in [0.2, 0.25) is 0 Å². The van der Waals surface area contributed by atoms with Crippen LogP contribution in [0.1, 0.15) is 214 Å². The minimum Gasteiger partial charge on any atom is -0.510 e. The molecule has 4 aromatic rings. The van der Waals surface area contributed by atoms with Gasteiger partial charge >= 0.3 is 16.5 Å². The second kappa shape index (κ2) is 26.1. The largest absolute Gasteiger partial charge is 2.00 e. The van der Waals surface area contributed by atoms with Gasteiger partial charge in [-0.2, -0.15) is 0 Å². The van der Waals surface area contributed by atoms with Crippen LogP contribution < -0.4 is 19.7 Å². The van der Waals surface area contributed by atoms with Gasteiger partial charge in [-0.15, -0.1) is 0 Å². The molecule has 11 heteroatoms. The van der Waals surface area contributed by atoms with E-state index in [0.717, 1.165) is 33.6 Å². The van der Waals surface area contributed by atoms with Crippen LogP contribution in [0.15, 0.2) is 58.5 Å².